The molecule has 0 radical (unpaired) electrons. The van der Waals surface area contributed by atoms with Crippen LogP contribution in [0.25, 0.3) is 0 Å². The number of carbonyl (C=O) groups is 4. The van der Waals surface area contributed by atoms with Gasteiger partial charge >= 0.3 is 23.9 Å². The first-order valence-electron chi connectivity index (χ1n) is 7.06. The lowest BCUT2D eigenvalue weighted by molar-refractivity contribution is -0.254. The van der Waals surface area contributed by atoms with Gasteiger partial charge in [-0.1, -0.05) is 22.6 Å². The Labute approximate surface area is 152 Å². The SMILES string of the molecule is CC(=O)OC[C@H]1O[C@H](OC(C)=O)[C@@H](I)[C@@H](OC(C)=O)[C@H]1OC(C)=O. The highest BCUT2D eigenvalue weighted by molar-refractivity contribution is 14.1. The largest absolute Gasteiger partial charge is 0.463 e. The first-order chi connectivity index (χ1) is 11.1. The quantitative estimate of drug-likeness (QED) is 0.252. The van der Waals surface area contributed by atoms with Crippen LogP contribution in [0.5, 0.6) is 0 Å². The van der Waals surface area contributed by atoms with Crippen LogP contribution >= 0.6 is 22.6 Å². The van der Waals surface area contributed by atoms with E-state index < -0.39 is 52.4 Å². The molecule has 0 aliphatic carbocycles. The molecule has 1 aliphatic rings. The van der Waals surface area contributed by atoms with Crippen molar-refractivity contribution in [3.05, 3.63) is 0 Å². The van der Waals surface area contributed by atoms with E-state index in [0.29, 0.717) is 0 Å². The average Bonchev–Trinajstić information content (AvgIpc) is 2.42. The molecular weight excluding hydrogens is 439 g/mol. The maximum absolute atomic E-state index is 11.4. The number of hydrogen-bond donors (Lipinski definition) is 0. The maximum Gasteiger partial charge on any atom is 0.304 e. The van der Waals surface area contributed by atoms with Crippen molar-refractivity contribution < 1.29 is 42.9 Å². The van der Waals surface area contributed by atoms with Crippen LogP contribution < -0.4 is 0 Å². The highest BCUT2D eigenvalue weighted by Crippen LogP contribution is 2.32. The van der Waals surface area contributed by atoms with Crippen molar-refractivity contribution in [2.45, 2.75) is 56.2 Å². The molecular formula is C14H19IO9. The van der Waals surface area contributed by atoms with Crippen molar-refractivity contribution in [2.75, 3.05) is 6.61 Å². The lowest BCUT2D eigenvalue weighted by Gasteiger charge is -2.42. The van der Waals surface area contributed by atoms with Crippen LogP contribution in [-0.2, 0) is 42.9 Å². The maximum atomic E-state index is 11.4. The van der Waals surface area contributed by atoms with Crippen molar-refractivity contribution in [1.29, 1.82) is 0 Å². The fraction of sp³-hybridized carbons (Fsp3) is 0.714. The van der Waals surface area contributed by atoms with Crippen LogP contribution in [-0.4, -0.2) is 59.0 Å². The lowest BCUT2D eigenvalue weighted by Crippen LogP contribution is -2.60. The zero-order valence-corrected chi connectivity index (χ0v) is 15.8. The molecule has 5 atom stereocenters. The monoisotopic (exact) mass is 458 g/mol. The zero-order chi connectivity index (χ0) is 18.4. The summed E-state index contributed by atoms with van der Waals surface area (Å²) in [6, 6.07) is 0. The third-order valence-electron chi connectivity index (χ3n) is 2.91. The minimum atomic E-state index is -1.06. The van der Waals surface area contributed by atoms with Gasteiger partial charge in [0.05, 0.1) is 0 Å². The second kappa shape index (κ2) is 9.16. The Balaban J connectivity index is 3.08. The van der Waals surface area contributed by atoms with E-state index in [9.17, 15) is 19.2 Å². The van der Waals surface area contributed by atoms with Crippen LogP contribution in [0.4, 0.5) is 0 Å². The zero-order valence-electron chi connectivity index (χ0n) is 13.6. The number of ether oxygens (including phenoxy) is 5. The molecule has 1 fully saturated rings. The van der Waals surface area contributed by atoms with Gasteiger partial charge in [-0.05, 0) is 0 Å². The molecule has 10 heteroatoms. The minimum Gasteiger partial charge on any atom is -0.463 e. The van der Waals surface area contributed by atoms with Gasteiger partial charge in [-0.15, -0.1) is 0 Å². The normalized spacial score (nSPS) is 29.3. The van der Waals surface area contributed by atoms with Gasteiger partial charge in [-0.25, -0.2) is 0 Å². The highest BCUT2D eigenvalue weighted by atomic mass is 127. The highest BCUT2D eigenvalue weighted by Gasteiger charge is 2.50. The Morgan fingerprint density at radius 3 is 1.79 bits per heavy atom. The van der Waals surface area contributed by atoms with Crippen LogP contribution in [0.3, 0.4) is 0 Å². The second-order valence-corrected chi connectivity index (χ2v) is 6.49. The van der Waals surface area contributed by atoms with Gasteiger partial charge in [0.2, 0.25) is 6.29 Å². The molecule has 1 heterocycles. The summed E-state index contributed by atoms with van der Waals surface area (Å²) >= 11 is 1.88. The van der Waals surface area contributed by atoms with E-state index >= 15 is 0 Å². The molecule has 0 aromatic heterocycles. The fourth-order valence-corrected chi connectivity index (χ4v) is 2.99. The van der Waals surface area contributed by atoms with Crippen molar-refractivity contribution in [3.8, 4) is 0 Å². The Morgan fingerprint density at radius 2 is 1.33 bits per heavy atom. The molecule has 0 bridgehead atoms. The summed E-state index contributed by atoms with van der Waals surface area (Å²) < 4.78 is 25.3. The number of halogens is 1. The minimum absolute atomic E-state index is 0.258. The van der Waals surface area contributed by atoms with E-state index in [1.54, 1.807) is 0 Å². The third kappa shape index (κ3) is 6.23. The van der Waals surface area contributed by atoms with Crippen LogP contribution in [0.2, 0.25) is 0 Å². The molecule has 0 aromatic carbocycles. The molecule has 1 saturated heterocycles. The molecule has 1 aliphatic heterocycles. The summed E-state index contributed by atoms with van der Waals surface area (Å²) in [6.07, 6.45) is -3.97. The summed E-state index contributed by atoms with van der Waals surface area (Å²) in [5.74, 6) is -2.39. The van der Waals surface area contributed by atoms with Gasteiger partial charge in [0.1, 0.15) is 16.6 Å². The Morgan fingerprint density at radius 1 is 0.833 bits per heavy atom. The lowest BCUT2D eigenvalue weighted by atomic mass is 10.0. The first kappa shape index (κ1) is 20.6. The Hall–Kier alpha value is -1.43. The topological polar surface area (TPSA) is 114 Å². The van der Waals surface area contributed by atoms with Crippen LogP contribution in [0.15, 0.2) is 0 Å². The van der Waals surface area contributed by atoms with Gasteiger partial charge in [-0.2, -0.15) is 0 Å². The molecule has 0 aromatic rings. The molecule has 0 saturated carbocycles. The summed E-state index contributed by atoms with van der Waals surface area (Å²) in [6.45, 7) is 4.54. The van der Waals surface area contributed by atoms with Gasteiger partial charge in [0.25, 0.3) is 0 Å². The van der Waals surface area contributed by atoms with Gasteiger partial charge < -0.3 is 23.7 Å². The average molecular weight is 458 g/mol. The van der Waals surface area contributed by atoms with Crippen molar-refractivity contribution in [3.63, 3.8) is 0 Å². The molecule has 9 nitrogen and oxygen atoms in total. The molecule has 0 N–H and O–H groups in total. The van der Waals surface area contributed by atoms with Crippen molar-refractivity contribution in [1.82, 2.24) is 0 Å². The van der Waals surface area contributed by atoms with E-state index in [2.05, 4.69) is 0 Å². The summed E-state index contributed by atoms with van der Waals surface area (Å²) in [5, 5.41) is 0. The summed E-state index contributed by atoms with van der Waals surface area (Å²) in [7, 11) is 0. The molecule has 24 heavy (non-hydrogen) atoms. The van der Waals surface area contributed by atoms with E-state index in [1.165, 1.54) is 27.7 Å². The number of esters is 4. The van der Waals surface area contributed by atoms with Gasteiger partial charge in [-0.3, -0.25) is 19.2 Å². The van der Waals surface area contributed by atoms with E-state index in [1.807, 2.05) is 22.6 Å². The van der Waals surface area contributed by atoms with Crippen LogP contribution in [0.1, 0.15) is 27.7 Å². The van der Waals surface area contributed by atoms with Crippen molar-refractivity contribution >= 4 is 46.5 Å². The number of carbonyl (C=O) groups excluding carboxylic acids is 4. The number of rotatable bonds is 5. The van der Waals surface area contributed by atoms with E-state index in [-0.39, 0.29) is 6.61 Å². The van der Waals surface area contributed by atoms with Crippen LogP contribution in [0, 0.1) is 0 Å². The predicted octanol–water partition coefficient (Wildman–Crippen LogP) is 0.504. The fourth-order valence-electron chi connectivity index (χ4n) is 2.12. The molecule has 0 spiro atoms. The molecule has 0 unspecified atom stereocenters. The van der Waals surface area contributed by atoms with Gasteiger partial charge in [0.15, 0.2) is 12.2 Å². The molecule has 136 valence electrons. The van der Waals surface area contributed by atoms with E-state index in [4.69, 9.17) is 23.7 Å². The Kier molecular flexibility index (Phi) is 7.87. The molecule has 1 rings (SSSR count). The first-order valence-corrected chi connectivity index (χ1v) is 8.31. The van der Waals surface area contributed by atoms with E-state index in [0.717, 1.165) is 0 Å². The second-order valence-electron chi connectivity index (χ2n) is 5.05. The van der Waals surface area contributed by atoms with Crippen molar-refractivity contribution in [2.24, 2.45) is 0 Å². The summed E-state index contributed by atoms with van der Waals surface area (Å²) in [4.78, 5) is 45.0. The molecule has 0 amide bonds. The number of alkyl halides is 1. The third-order valence-corrected chi connectivity index (χ3v) is 4.21. The predicted molar refractivity (Wildman–Crippen MR) is 86.0 cm³/mol. The Bertz CT molecular complexity index is 490. The van der Waals surface area contributed by atoms with Gasteiger partial charge in [0, 0.05) is 27.7 Å². The standard InChI is InChI=1S/C14H19IO9/c1-6(16)20-5-10-12(21-7(2)17)13(22-8(3)18)11(15)14(24-10)23-9(4)19/h10-14H,5H2,1-4H3/t10-,11+,12+,13-,14+/m1/s1. The smallest absolute Gasteiger partial charge is 0.304 e. The summed E-state index contributed by atoms with van der Waals surface area (Å²) in [5.41, 5.74) is 0. The number of hydrogen-bond acceptors (Lipinski definition) is 9.